The van der Waals surface area contributed by atoms with E-state index in [1.165, 1.54) is 37.8 Å². The number of nitrogens with zero attached hydrogens (tertiary/aromatic N) is 1. The molecule has 2 nitrogen and oxygen atoms in total. The van der Waals surface area contributed by atoms with Crippen LogP contribution in [0.1, 0.15) is 46.0 Å². The van der Waals surface area contributed by atoms with Crippen LogP contribution in [0.5, 0.6) is 0 Å². The Hall–Kier alpha value is -1.44. The minimum Gasteiger partial charge on any atom is -0.386 e. The van der Waals surface area contributed by atoms with Gasteiger partial charge in [-0.1, -0.05) is 51.3 Å². The molecule has 0 aliphatic heterocycles. The molecule has 0 amide bonds. The maximum absolute atomic E-state index is 3.98. The SMILES string of the molecule is C=CN(c1ccccc1NC)C(C)CCCCCC. The second-order valence-corrected chi connectivity index (χ2v) is 5.06. The summed E-state index contributed by atoms with van der Waals surface area (Å²) in [5.41, 5.74) is 2.37. The first-order valence-corrected chi connectivity index (χ1v) is 7.42. The first-order chi connectivity index (χ1) is 9.24. The van der Waals surface area contributed by atoms with E-state index in [1.807, 2.05) is 13.2 Å². The third-order valence-corrected chi connectivity index (χ3v) is 3.60. The van der Waals surface area contributed by atoms with Crippen molar-refractivity contribution in [1.82, 2.24) is 0 Å². The molecule has 1 aromatic rings. The van der Waals surface area contributed by atoms with E-state index >= 15 is 0 Å². The molecule has 1 unspecified atom stereocenters. The van der Waals surface area contributed by atoms with Gasteiger partial charge < -0.3 is 10.2 Å². The van der Waals surface area contributed by atoms with E-state index in [0.717, 1.165) is 5.69 Å². The fraction of sp³-hybridized carbons (Fsp3) is 0.529. The smallest absolute Gasteiger partial charge is 0.0644 e. The van der Waals surface area contributed by atoms with Gasteiger partial charge in [-0.3, -0.25) is 0 Å². The van der Waals surface area contributed by atoms with Gasteiger partial charge in [0.25, 0.3) is 0 Å². The van der Waals surface area contributed by atoms with Gasteiger partial charge in [-0.15, -0.1) is 0 Å². The lowest BCUT2D eigenvalue weighted by Gasteiger charge is -2.29. The second-order valence-electron chi connectivity index (χ2n) is 5.06. The van der Waals surface area contributed by atoms with Gasteiger partial charge in [-0.25, -0.2) is 0 Å². The number of unbranched alkanes of at least 4 members (excludes halogenated alkanes) is 3. The lowest BCUT2D eigenvalue weighted by molar-refractivity contribution is 0.565. The summed E-state index contributed by atoms with van der Waals surface area (Å²) >= 11 is 0. The summed E-state index contributed by atoms with van der Waals surface area (Å²) < 4.78 is 0. The quantitative estimate of drug-likeness (QED) is 0.626. The van der Waals surface area contributed by atoms with Gasteiger partial charge >= 0.3 is 0 Å². The van der Waals surface area contributed by atoms with Gasteiger partial charge in [0.2, 0.25) is 0 Å². The van der Waals surface area contributed by atoms with Crippen molar-refractivity contribution >= 4 is 11.4 Å². The minimum atomic E-state index is 0.490. The normalized spacial score (nSPS) is 11.9. The van der Waals surface area contributed by atoms with Gasteiger partial charge in [-0.2, -0.15) is 0 Å². The lowest BCUT2D eigenvalue weighted by Crippen LogP contribution is -2.28. The Kier molecular flexibility index (Phi) is 7.09. The van der Waals surface area contributed by atoms with Crippen molar-refractivity contribution in [2.75, 3.05) is 17.3 Å². The number of anilines is 2. The molecule has 106 valence electrons. The molecular formula is C17H28N2. The number of para-hydroxylation sites is 2. The first kappa shape index (κ1) is 15.6. The summed E-state index contributed by atoms with van der Waals surface area (Å²) in [4.78, 5) is 2.28. The highest BCUT2D eigenvalue weighted by molar-refractivity contribution is 5.71. The Morgan fingerprint density at radius 3 is 2.63 bits per heavy atom. The average Bonchev–Trinajstić information content (AvgIpc) is 2.45. The third kappa shape index (κ3) is 4.62. The summed E-state index contributed by atoms with van der Waals surface area (Å²) in [6, 6.07) is 8.88. The van der Waals surface area contributed by atoms with E-state index < -0.39 is 0 Å². The zero-order valence-corrected chi connectivity index (χ0v) is 12.7. The van der Waals surface area contributed by atoms with Crippen LogP contribution in [0.2, 0.25) is 0 Å². The Balaban J connectivity index is 2.68. The van der Waals surface area contributed by atoms with E-state index in [2.05, 4.69) is 54.9 Å². The average molecular weight is 260 g/mol. The van der Waals surface area contributed by atoms with Crippen LogP contribution in [-0.4, -0.2) is 13.1 Å². The zero-order chi connectivity index (χ0) is 14.1. The van der Waals surface area contributed by atoms with Crippen molar-refractivity contribution in [2.24, 2.45) is 0 Å². The van der Waals surface area contributed by atoms with Gasteiger partial charge in [0, 0.05) is 13.1 Å². The molecule has 2 heteroatoms. The Labute approximate surface area is 118 Å². The summed E-state index contributed by atoms with van der Waals surface area (Å²) in [5.74, 6) is 0. The Bertz CT molecular complexity index is 373. The van der Waals surface area contributed by atoms with Crippen LogP contribution in [0.25, 0.3) is 0 Å². The minimum absolute atomic E-state index is 0.490. The van der Waals surface area contributed by atoms with E-state index in [1.54, 1.807) is 0 Å². The van der Waals surface area contributed by atoms with Gasteiger partial charge in [0.1, 0.15) is 0 Å². The number of hydrogen-bond acceptors (Lipinski definition) is 2. The van der Waals surface area contributed by atoms with Crippen molar-refractivity contribution in [3.63, 3.8) is 0 Å². The molecule has 0 spiro atoms. The molecule has 0 bridgehead atoms. The van der Waals surface area contributed by atoms with Gasteiger partial charge in [0.15, 0.2) is 0 Å². The maximum Gasteiger partial charge on any atom is 0.0644 e. The predicted molar refractivity (Wildman–Crippen MR) is 86.9 cm³/mol. The molecule has 0 aromatic heterocycles. The van der Waals surface area contributed by atoms with E-state index in [-0.39, 0.29) is 0 Å². The largest absolute Gasteiger partial charge is 0.386 e. The van der Waals surface area contributed by atoms with Crippen molar-refractivity contribution in [3.05, 3.63) is 37.0 Å². The number of hydrogen-bond donors (Lipinski definition) is 1. The monoisotopic (exact) mass is 260 g/mol. The highest BCUT2D eigenvalue weighted by atomic mass is 15.2. The number of nitrogens with one attached hydrogen (secondary N) is 1. The molecule has 1 aromatic carbocycles. The summed E-state index contributed by atoms with van der Waals surface area (Å²) in [7, 11) is 1.96. The van der Waals surface area contributed by atoms with Crippen LogP contribution in [0.4, 0.5) is 11.4 Å². The van der Waals surface area contributed by atoms with E-state index in [0.29, 0.717) is 6.04 Å². The highest BCUT2D eigenvalue weighted by Gasteiger charge is 2.13. The first-order valence-electron chi connectivity index (χ1n) is 7.42. The summed E-state index contributed by atoms with van der Waals surface area (Å²) in [5, 5.41) is 3.25. The standard InChI is InChI=1S/C17H28N2/c1-5-7-8-9-12-15(3)19(6-2)17-14-11-10-13-16(17)18-4/h6,10-11,13-15,18H,2,5,7-9,12H2,1,3-4H3. The number of benzene rings is 1. The topological polar surface area (TPSA) is 15.3 Å². The fourth-order valence-electron chi connectivity index (χ4n) is 2.43. The van der Waals surface area contributed by atoms with Crippen molar-refractivity contribution in [2.45, 2.75) is 52.0 Å². The molecule has 0 radical (unpaired) electrons. The third-order valence-electron chi connectivity index (χ3n) is 3.60. The van der Waals surface area contributed by atoms with Crippen LogP contribution in [0.3, 0.4) is 0 Å². The van der Waals surface area contributed by atoms with Crippen molar-refractivity contribution in [1.29, 1.82) is 0 Å². The molecule has 0 saturated carbocycles. The molecule has 0 heterocycles. The molecule has 19 heavy (non-hydrogen) atoms. The zero-order valence-electron chi connectivity index (χ0n) is 12.7. The van der Waals surface area contributed by atoms with Crippen molar-refractivity contribution < 1.29 is 0 Å². The Morgan fingerprint density at radius 2 is 2.00 bits per heavy atom. The fourth-order valence-corrected chi connectivity index (χ4v) is 2.43. The molecule has 1 atom stereocenters. The highest BCUT2D eigenvalue weighted by Crippen LogP contribution is 2.28. The number of rotatable bonds is 9. The second kappa shape index (κ2) is 8.63. The molecule has 1 N–H and O–H groups in total. The van der Waals surface area contributed by atoms with Crippen LogP contribution in [0.15, 0.2) is 37.0 Å². The van der Waals surface area contributed by atoms with Gasteiger partial charge in [-0.05, 0) is 31.7 Å². The molecule has 0 fully saturated rings. The maximum atomic E-state index is 3.98. The van der Waals surface area contributed by atoms with Crippen LogP contribution < -0.4 is 10.2 Å². The molecule has 0 saturated heterocycles. The molecule has 0 aliphatic rings. The summed E-state index contributed by atoms with van der Waals surface area (Å²) in [6.45, 7) is 8.51. The molecule has 1 rings (SSSR count). The Morgan fingerprint density at radius 1 is 1.26 bits per heavy atom. The molecule has 0 aliphatic carbocycles. The van der Waals surface area contributed by atoms with Crippen molar-refractivity contribution in [3.8, 4) is 0 Å². The van der Waals surface area contributed by atoms with Crippen LogP contribution in [-0.2, 0) is 0 Å². The summed E-state index contributed by atoms with van der Waals surface area (Å²) in [6.07, 6.45) is 8.42. The van der Waals surface area contributed by atoms with E-state index in [4.69, 9.17) is 0 Å². The van der Waals surface area contributed by atoms with E-state index in [9.17, 15) is 0 Å². The van der Waals surface area contributed by atoms with Crippen LogP contribution >= 0.6 is 0 Å². The lowest BCUT2D eigenvalue weighted by atomic mass is 10.1. The molecular weight excluding hydrogens is 232 g/mol. The van der Waals surface area contributed by atoms with Crippen LogP contribution in [0, 0.1) is 0 Å². The van der Waals surface area contributed by atoms with Gasteiger partial charge in [0.05, 0.1) is 11.4 Å². The predicted octanol–water partition coefficient (Wildman–Crippen LogP) is 5.04.